The van der Waals surface area contributed by atoms with E-state index in [-0.39, 0.29) is 12.8 Å². The van der Waals surface area contributed by atoms with Crippen molar-refractivity contribution in [3.05, 3.63) is 12.2 Å². The van der Waals surface area contributed by atoms with Gasteiger partial charge < -0.3 is 21.7 Å². The van der Waals surface area contributed by atoms with E-state index in [2.05, 4.69) is 6.58 Å². The molecule has 0 aliphatic carbocycles. The van der Waals surface area contributed by atoms with E-state index in [4.69, 9.17) is 21.7 Å². The summed E-state index contributed by atoms with van der Waals surface area (Å²) >= 11 is 0. The maximum Gasteiger partial charge on any atom is 0.323 e. The molecule has 6 nitrogen and oxygen atoms in total. The highest BCUT2D eigenvalue weighted by molar-refractivity contribution is 5.78. The number of nitrogens with two attached hydrogens (primary N) is 2. The van der Waals surface area contributed by atoms with E-state index >= 15 is 0 Å². The van der Waals surface area contributed by atoms with Crippen LogP contribution in [-0.4, -0.2) is 33.7 Å². The number of carboxylic acids is 2. The average molecular weight is 216 g/mol. The number of hydrogen-bond acceptors (Lipinski definition) is 4. The highest BCUT2D eigenvalue weighted by Crippen LogP contribution is 2.16. The Morgan fingerprint density at radius 1 is 1.47 bits per heavy atom. The van der Waals surface area contributed by atoms with Gasteiger partial charge in [-0.25, -0.2) is 0 Å². The molecule has 0 fully saturated rings. The fraction of sp³-hybridized carbons (Fsp3) is 0.556. The first-order valence-corrected chi connectivity index (χ1v) is 4.34. The van der Waals surface area contributed by atoms with Crippen LogP contribution in [0, 0.1) is 0 Å². The molecule has 15 heavy (non-hydrogen) atoms. The zero-order chi connectivity index (χ0) is 12.2. The van der Waals surface area contributed by atoms with E-state index in [1.807, 2.05) is 0 Å². The Kier molecular flexibility index (Phi) is 4.44. The van der Waals surface area contributed by atoms with Crippen LogP contribution < -0.4 is 11.5 Å². The molecule has 0 radical (unpaired) electrons. The Bertz CT molecular complexity index is 286. The van der Waals surface area contributed by atoms with Crippen molar-refractivity contribution < 1.29 is 19.8 Å². The van der Waals surface area contributed by atoms with Crippen molar-refractivity contribution in [2.75, 3.05) is 0 Å². The number of rotatable bonds is 6. The minimum absolute atomic E-state index is 0.00329. The molecule has 2 atom stereocenters. The second-order valence-corrected chi connectivity index (χ2v) is 3.80. The highest BCUT2D eigenvalue weighted by atomic mass is 16.4. The van der Waals surface area contributed by atoms with Crippen molar-refractivity contribution in [1.29, 1.82) is 0 Å². The minimum atomic E-state index is -1.44. The van der Waals surface area contributed by atoms with Crippen molar-refractivity contribution in [3.63, 3.8) is 0 Å². The van der Waals surface area contributed by atoms with Gasteiger partial charge >= 0.3 is 11.9 Å². The Morgan fingerprint density at radius 2 is 1.93 bits per heavy atom. The van der Waals surface area contributed by atoms with Gasteiger partial charge in [0.25, 0.3) is 0 Å². The van der Waals surface area contributed by atoms with Gasteiger partial charge in [-0.2, -0.15) is 0 Å². The largest absolute Gasteiger partial charge is 0.480 e. The Balaban J connectivity index is 4.27. The third-order valence-corrected chi connectivity index (χ3v) is 1.93. The number of carboxylic acid groups (broad SMARTS) is 2. The highest BCUT2D eigenvalue weighted by Gasteiger charge is 2.29. The fourth-order valence-corrected chi connectivity index (χ4v) is 1.07. The first-order chi connectivity index (χ1) is 6.66. The van der Waals surface area contributed by atoms with Crippen LogP contribution in [0.5, 0.6) is 0 Å². The van der Waals surface area contributed by atoms with E-state index in [1.165, 1.54) is 6.92 Å². The number of aliphatic carboxylic acids is 2. The smallest absolute Gasteiger partial charge is 0.323 e. The predicted molar refractivity (Wildman–Crippen MR) is 54.2 cm³/mol. The van der Waals surface area contributed by atoms with Crippen molar-refractivity contribution in [2.45, 2.75) is 31.3 Å². The van der Waals surface area contributed by atoms with Gasteiger partial charge in [0.15, 0.2) is 0 Å². The average Bonchev–Trinajstić information content (AvgIpc) is 2.01. The van der Waals surface area contributed by atoms with Gasteiger partial charge in [-0.3, -0.25) is 9.59 Å². The lowest BCUT2D eigenvalue weighted by atomic mass is 9.92. The summed E-state index contributed by atoms with van der Waals surface area (Å²) in [7, 11) is 0. The summed E-state index contributed by atoms with van der Waals surface area (Å²) in [5.41, 5.74) is 9.71. The van der Waals surface area contributed by atoms with Crippen molar-refractivity contribution >= 4 is 11.9 Å². The molecule has 0 rings (SSSR count). The second-order valence-electron chi connectivity index (χ2n) is 3.80. The molecule has 0 bridgehead atoms. The molecule has 0 spiro atoms. The van der Waals surface area contributed by atoms with Crippen LogP contribution >= 0.6 is 0 Å². The van der Waals surface area contributed by atoms with E-state index in [0.717, 1.165) is 0 Å². The maximum atomic E-state index is 10.7. The SMILES string of the molecule is C=C(C[C@@H](N)C(=O)O)C[C@@](C)(N)C(=O)O. The van der Waals surface area contributed by atoms with Crippen molar-refractivity contribution in [1.82, 2.24) is 0 Å². The summed E-state index contributed by atoms with van der Waals surface area (Å²) in [6, 6.07) is -1.07. The first-order valence-electron chi connectivity index (χ1n) is 4.34. The van der Waals surface area contributed by atoms with Gasteiger partial charge in [0.2, 0.25) is 0 Å². The minimum Gasteiger partial charge on any atom is -0.480 e. The molecular formula is C9H16N2O4. The predicted octanol–water partition coefficient (Wildman–Crippen LogP) is -0.463. The van der Waals surface area contributed by atoms with Crippen LogP contribution in [-0.2, 0) is 9.59 Å². The molecule has 0 aliphatic rings. The molecule has 0 aromatic carbocycles. The standard InChI is InChI=1S/C9H16N2O4/c1-5(3-6(10)7(12)13)4-9(2,11)8(14)15/h6H,1,3-4,10-11H2,2H3,(H,12,13)(H,14,15)/t6-,9-/m1/s1. The summed E-state index contributed by atoms with van der Waals surface area (Å²) in [5, 5.41) is 17.2. The van der Waals surface area contributed by atoms with Gasteiger partial charge in [-0.05, 0) is 19.8 Å². The van der Waals surface area contributed by atoms with Crippen molar-refractivity contribution in [2.24, 2.45) is 11.5 Å². The molecule has 86 valence electrons. The molecule has 0 aromatic heterocycles. The lowest BCUT2D eigenvalue weighted by Gasteiger charge is -2.21. The summed E-state index contributed by atoms with van der Waals surface area (Å²) < 4.78 is 0. The zero-order valence-electron chi connectivity index (χ0n) is 8.56. The molecule has 0 aliphatic heterocycles. The summed E-state index contributed by atoms with van der Waals surface area (Å²) in [6.45, 7) is 4.90. The number of hydrogen-bond donors (Lipinski definition) is 4. The van der Waals surface area contributed by atoms with Gasteiger partial charge in [-0.15, -0.1) is 0 Å². The molecule has 0 amide bonds. The van der Waals surface area contributed by atoms with Crippen LogP contribution in [0.25, 0.3) is 0 Å². The number of carbonyl (C=O) groups is 2. The Hall–Kier alpha value is -1.40. The zero-order valence-corrected chi connectivity index (χ0v) is 8.56. The normalized spacial score (nSPS) is 16.5. The lowest BCUT2D eigenvalue weighted by Crippen LogP contribution is -2.45. The molecule has 0 saturated heterocycles. The topological polar surface area (TPSA) is 127 Å². The maximum absolute atomic E-state index is 10.7. The van der Waals surface area contributed by atoms with Gasteiger partial charge in [-0.1, -0.05) is 12.2 Å². The Morgan fingerprint density at radius 3 is 2.27 bits per heavy atom. The third kappa shape index (κ3) is 4.57. The molecule has 6 heteroatoms. The van der Waals surface area contributed by atoms with Crippen molar-refractivity contribution in [3.8, 4) is 0 Å². The molecule has 0 saturated carbocycles. The lowest BCUT2D eigenvalue weighted by molar-refractivity contribution is -0.142. The first kappa shape index (κ1) is 13.6. The monoisotopic (exact) mass is 216 g/mol. The fourth-order valence-electron chi connectivity index (χ4n) is 1.07. The summed E-state index contributed by atoms with van der Waals surface area (Å²) in [5.74, 6) is -2.31. The summed E-state index contributed by atoms with van der Waals surface area (Å²) in [6.07, 6.45) is 0.0265. The molecule has 0 aromatic rings. The summed E-state index contributed by atoms with van der Waals surface area (Å²) in [4.78, 5) is 21.1. The van der Waals surface area contributed by atoms with E-state index in [0.29, 0.717) is 5.57 Å². The van der Waals surface area contributed by atoms with E-state index in [1.54, 1.807) is 0 Å². The van der Waals surface area contributed by atoms with Gasteiger partial charge in [0.05, 0.1) is 0 Å². The van der Waals surface area contributed by atoms with Crippen LogP contribution in [0.4, 0.5) is 0 Å². The molecule has 0 heterocycles. The third-order valence-electron chi connectivity index (χ3n) is 1.93. The second kappa shape index (κ2) is 4.90. The molecular weight excluding hydrogens is 200 g/mol. The van der Waals surface area contributed by atoms with E-state index < -0.39 is 23.5 Å². The molecule has 0 unspecified atom stereocenters. The van der Waals surface area contributed by atoms with Crippen LogP contribution in [0.3, 0.4) is 0 Å². The quantitative estimate of drug-likeness (QED) is 0.445. The Labute approximate surface area is 87.6 Å². The van der Waals surface area contributed by atoms with Crippen LogP contribution in [0.2, 0.25) is 0 Å². The molecule has 6 N–H and O–H groups in total. The van der Waals surface area contributed by atoms with Gasteiger partial charge in [0.1, 0.15) is 11.6 Å². The van der Waals surface area contributed by atoms with Crippen LogP contribution in [0.15, 0.2) is 12.2 Å². The van der Waals surface area contributed by atoms with Crippen LogP contribution in [0.1, 0.15) is 19.8 Å². The van der Waals surface area contributed by atoms with E-state index in [9.17, 15) is 9.59 Å². The van der Waals surface area contributed by atoms with Gasteiger partial charge in [0, 0.05) is 0 Å².